The number of benzene rings is 2. The highest BCUT2D eigenvalue weighted by Gasteiger charge is 2.25. The summed E-state index contributed by atoms with van der Waals surface area (Å²) in [5.74, 6) is -0.650. The number of hydrogen-bond donors (Lipinski definition) is 1. The summed E-state index contributed by atoms with van der Waals surface area (Å²) in [6.07, 6.45) is 1.61. The van der Waals surface area contributed by atoms with Gasteiger partial charge in [-0.05, 0) is 49.9 Å². The van der Waals surface area contributed by atoms with Gasteiger partial charge in [0.15, 0.2) is 0 Å². The van der Waals surface area contributed by atoms with Gasteiger partial charge < -0.3 is 15.0 Å². The van der Waals surface area contributed by atoms with Crippen LogP contribution in [-0.4, -0.2) is 42.5 Å². The number of aryl methyl sites for hydroxylation is 1. The van der Waals surface area contributed by atoms with Crippen molar-refractivity contribution in [2.75, 3.05) is 19.8 Å². The second-order valence-corrected chi connectivity index (χ2v) is 7.15. The standard InChI is InChI=1S/C24H31FN2O3/c1-3-30-17-7-16-26-24(29)19(2)27(18-21-10-13-22(25)14-11-21)23(28)15-12-20-8-5-4-6-9-20/h4-6,8-11,13-14,19H,3,7,12,15-18H2,1-2H3,(H,26,29)/t19-/m1/s1. The maximum Gasteiger partial charge on any atom is 0.242 e. The third-order valence-corrected chi connectivity index (χ3v) is 4.87. The topological polar surface area (TPSA) is 58.6 Å². The van der Waals surface area contributed by atoms with Crippen molar-refractivity contribution in [3.05, 3.63) is 71.5 Å². The summed E-state index contributed by atoms with van der Waals surface area (Å²) in [6, 6.07) is 15.1. The van der Waals surface area contributed by atoms with Crippen LogP contribution in [0.2, 0.25) is 0 Å². The van der Waals surface area contributed by atoms with Gasteiger partial charge in [0.1, 0.15) is 11.9 Å². The van der Waals surface area contributed by atoms with Gasteiger partial charge in [-0.25, -0.2) is 4.39 Å². The lowest BCUT2D eigenvalue weighted by atomic mass is 10.1. The quantitative estimate of drug-likeness (QED) is 0.539. The summed E-state index contributed by atoms with van der Waals surface area (Å²) in [4.78, 5) is 27.2. The lowest BCUT2D eigenvalue weighted by molar-refractivity contribution is -0.140. The molecule has 2 aromatic carbocycles. The number of halogens is 1. The fraction of sp³-hybridized carbons (Fsp3) is 0.417. The molecule has 1 atom stereocenters. The minimum absolute atomic E-state index is 0.111. The van der Waals surface area contributed by atoms with E-state index in [0.717, 1.165) is 11.1 Å². The van der Waals surface area contributed by atoms with Crippen LogP contribution < -0.4 is 5.32 Å². The average molecular weight is 415 g/mol. The maximum absolute atomic E-state index is 13.3. The van der Waals surface area contributed by atoms with Crippen molar-refractivity contribution in [1.82, 2.24) is 10.2 Å². The van der Waals surface area contributed by atoms with E-state index in [1.165, 1.54) is 12.1 Å². The molecule has 0 bridgehead atoms. The first kappa shape index (κ1) is 23.5. The van der Waals surface area contributed by atoms with E-state index in [2.05, 4.69) is 5.32 Å². The minimum atomic E-state index is -0.634. The Balaban J connectivity index is 2.02. The second kappa shape index (κ2) is 12.8. The van der Waals surface area contributed by atoms with Gasteiger partial charge in [-0.15, -0.1) is 0 Å². The Hall–Kier alpha value is -2.73. The highest BCUT2D eigenvalue weighted by molar-refractivity contribution is 5.87. The van der Waals surface area contributed by atoms with Crippen LogP contribution in [0.4, 0.5) is 4.39 Å². The Morgan fingerprint density at radius 1 is 1.07 bits per heavy atom. The first-order chi connectivity index (χ1) is 14.5. The Bertz CT molecular complexity index is 781. The highest BCUT2D eigenvalue weighted by Crippen LogP contribution is 2.13. The molecule has 0 aliphatic rings. The molecule has 0 unspecified atom stereocenters. The zero-order valence-electron chi connectivity index (χ0n) is 17.8. The smallest absolute Gasteiger partial charge is 0.242 e. The summed E-state index contributed by atoms with van der Waals surface area (Å²) in [5, 5.41) is 2.87. The summed E-state index contributed by atoms with van der Waals surface area (Å²) in [5.41, 5.74) is 1.85. The zero-order valence-corrected chi connectivity index (χ0v) is 17.8. The van der Waals surface area contributed by atoms with E-state index in [9.17, 15) is 14.0 Å². The molecular weight excluding hydrogens is 383 g/mol. The van der Waals surface area contributed by atoms with E-state index < -0.39 is 6.04 Å². The van der Waals surface area contributed by atoms with Crippen LogP contribution >= 0.6 is 0 Å². The van der Waals surface area contributed by atoms with E-state index in [0.29, 0.717) is 39.0 Å². The van der Waals surface area contributed by atoms with Crippen LogP contribution in [0.25, 0.3) is 0 Å². The van der Waals surface area contributed by atoms with Crippen molar-refractivity contribution in [2.24, 2.45) is 0 Å². The van der Waals surface area contributed by atoms with Crippen molar-refractivity contribution in [2.45, 2.75) is 45.7 Å². The number of rotatable bonds is 12. The molecule has 0 fully saturated rings. The first-order valence-corrected chi connectivity index (χ1v) is 10.4. The Labute approximate surface area is 178 Å². The molecule has 2 amide bonds. The predicted octanol–water partition coefficient (Wildman–Crippen LogP) is 3.72. The Kier molecular flexibility index (Phi) is 10.0. The van der Waals surface area contributed by atoms with Crippen molar-refractivity contribution in [3.63, 3.8) is 0 Å². The maximum atomic E-state index is 13.3. The molecule has 162 valence electrons. The van der Waals surface area contributed by atoms with E-state index in [1.54, 1.807) is 24.0 Å². The molecule has 1 N–H and O–H groups in total. The number of hydrogen-bond acceptors (Lipinski definition) is 3. The average Bonchev–Trinajstić information content (AvgIpc) is 2.77. The van der Waals surface area contributed by atoms with E-state index in [1.807, 2.05) is 37.3 Å². The SMILES string of the molecule is CCOCCCNC(=O)[C@@H](C)N(Cc1ccc(F)cc1)C(=O)CCc1ccccc1. The third kappa shape index (κ3) is 7.95. The summed E-state index contributed by atoms with van der Waals surface area (Å²) in [6.45, 7) is 5.62. The second-order valence-electron chi connectivity index (χ2n) is 7.15. The Morgan fingerprint density at radius 3 is 2.43 bits per heavy atom. The molecule has 0 saturated carbocycles. The molecule has 0 aliphatic carbocycles. The molecule has 0 heterocycles. The number of nitrogens with zero attached hydrogens (tertiary/aromatic N) is 1. The molecule has 0 saturated heterocycles. The van der Waals surface area contributed by atoms with E-state index in [4.69, 9.17) is 4.74 Å². The van der Waals surface area contributed by atoms with Crippen LogP contribution in [0.5, 0.6) is 0 Å². The van der Waals surface area contributed by atoms with Crippen molar-refractivity contribution < 1.29 is 18.7 Å². The molecule has 5 nitrogen and oxygen atoms in total. The number of nitrogens with one attached hydrogen (secondary N) is 1. The van der Waals surface area contributed by atoms with Crippen LogP contribution in [0, 0.1) is 5.82 Å². The van der Waals surface area contributed by atoms with Crippen molar-refractivity contribution in [3.8, 4) is 0 Å². The largest absolute Gasteiger partial charge is 0.382 e. The van der Waals surface area contributed by atoms with Gasteiger partial charge in [0.25, 0.3) is 0 Å². The van der Waals surface area contributed by atoms with Gasteiger partial charge in [0.05, 0.1) is 0 Å². The van der Waals surface area contributed by atoms with Crippen LogP contribution in [0.3, 0.4) is 0 Å². The molecule has 0 aromatic heterocycles. The summed E-state index contributed by atoms with van der Waals surface area (Å²) in [7, 11) is 0. The predicted molar refractivity (Wildman–Crippen MR) is 115 cm³/mol. The van der Waals surface area contributed by atoms with Gasteiger partial charge in [-0.1, -0.05) is 42.5 Å². The molecule has 30 heavy (non-hydrogen) atoms. The van der Waals surface area contributed by atoms with Crippen molar-refractivity contribution in [1.29, 1.82) is 0 Å². The molecule has 0 aliphatic heterocycles. The Morgan fingerprint density at radius 2 is 1.77 bits per heavy atom. The van der Waals surface area contributed by atoms with E-state index in [-0.39, 0.29) is 24.2 Å². The highest BCUT2D eigenvalue weighted by atomic mass is 19.1. The monoisotopic (exact) mass is 414 g/mol. The molecule has 2 aromatic rings. The number of carbonyl (C=O) groups excluding carboxylic acids is 2. The van der Waals surface area contributed by atoms with Crippen LogP contribution in [-0.2, 0) is 27.3 Å². The van der Waals surface area contributed by atoms with E-state index >= 15 is 0 Å². The fourth-order valence-electron chi connectivity index (χ4n) is 3.09. The normalized spacial score (nSPS) is 11.7. The number of ether oxygens (including phenoxy) is 1. The zero-order chi connectivity index (χ0) is 21.8. The molecule has 0 radical (unpaired) electrons. The number of amides is 2. The van der Waals surface area contributed by atoms with Gasteiger partial charge in [-0.2, -0.15) is 0 Å². The molecular formula is C24H31FN2O3. The van der Waals surface area contributed by atoms with Gasteiger partial charge in [0, 0.05) is 32.7 Å². The van der Waals surface area contributed by atoms with Gasteiger partial charge in [-0.3, -0.25) is 9.59 Å². The molecule has 0 spiro atoms. The molecule has 2 rings (SSSR count). The lowest BCUT2D eigenvalue weighted by Gasteiger charge is -2.29. The third-order valence-electron chi connectivity index (χ3n) is 4.87. The van der Waals surface area contributed by atoms with Gasteiger partial charge >= 0.3 is 0 Å². The summed E-state index contributed by atoms with van der Waals surface area (Å²) >= 11 is 0. The van der Waals surface area contributed by atoms with Crippen LogP contribution in [0.1, 0.15) is 37.8 Å². The van der Waals surface area contributed by atoms with Gasteiger partial charge in [0.2, 0.25) is 11.8 Å². The number of carbonyl (C=O) groups is 2. The van der Waals surface area contributed by atoms with Crippen LogP contribution in [0.15, 0.2) is 54.6 Å². The minimum Gasteiger partial charge on any atom is -0.382 e. The van der Waals surface area contributed by atoms with Crippen molar-refractivity contribution >= 4 is 11.8 Å². The lowest BCUT2D eigenvalue weighted by Crippen LogP contribution is -2.48. The fourth-order valence-corrected chi connectivity index (χ4v) is 3.09. The molecule has 6 heteroatoms. The summed E-state index contributed by atoms with van der Waals surface area (Å²) < 4.78 is 18.5. The first-order valence-electron chi connectivity index (χ1n) is 10.4.